The van der Waals surface area contributed by atoms with Gasteiger partial charge in [0.15, 0.2) is 5.58 Å². The Hall–Kier alpha value is -2.12. The predicted octanol–water partition coefficient (Wildman–Crippen LogP) is 4.62. The number of non-ortho nitro benzene ring substituents is 1. The van der Waals surface area contributed by atoms with Gasteiger partial charge < -0.3 is 9.73 Å². The fraction of sp³-hybridized carbons (Fsp3) is 0.154. The van der Waals surface area contributed by atoms with Crippen LogP contribution in [0.5, 0.6) is 0 Å². The third-order valence-corrected chi connectivity index (χ3v) is 4.36. The number of nitrogens with one attached hydrogen (secondary N) is 1. The van der Waals surface area contributed by atoms with Crippen molar-refractivity contribution in [3.63, 3.8) is 0 Å². The van der Waals surface area contributed by atoms with Gasteiger partial charge in [-0.25, -0.2) is 0 Å². The van der Waals surface area contributed by atoms with Gasteiger partial charge in [-0.15, -0.1) is 11.3 Å². The van der Waals surface area contributed by atoms with Crippen LogP contribution in [0.3, 0.4) is 0 Å². The van der Waals surface area contributed by atoms with E-state index in [9.17, 15) is 10.1 Å². The second-order valence-electron chi connectivity index (χ2n) is 4.44. The van der Waals surface area contributed by atoms with Gasteiger partial charge in [0.05, 0.1) is 15.3 Å². The van der Waals surface area contributed by atoms with Crippen LogP contribution >= 0.6 is 22.9 Å². The SMILES string of the molecule is CC(Nc1nc2cc([N+](=O)[O-])ccc2o1)c1ccc(Cl)s1. The molecule has 0 fully saturated rings. The zero-order chi connectivity index (χ0) is 15.0. The zero-order valence-electron chi connectivity index (χ0n) is 10.9. The van der Waals surface area contributed by atoms with Crippen molar-refractivity contribution in [2.45, 2.75) is 13.0 Å². The molecule has 0 bridgehead atoms. The highest BCUT2D eigenvalue weighted by Gasteiger charge is 2.14. The number of halogens is 1. The van der Waals surface area contributed by atoms with E-state index in [2.05, 4.69) is 10.3 Å². The summed E-state index contributed by atoms with van der Waals surface area (Å²) >= 11 is 7.38. The Morgan fingerprint density at radius 2 is 2.24 bits per heavy atom. The van der Waals surface area contributed by atoms with Gasteiger partial charge in [0, 0.05) is 17.0 Å². The maximum absolute atomic E-state index is 10.7. The van der Waals surface area contributed by atoms with Crippen molar-refractivity contribution < 1.29 is 9.34 Å². The summed E-state index contributed by atoms with van der Waals surface area (Å²) in [6.07, 6.45) is 0. The molecular formula is C13H10ClN3O3S. The van der Waals surface area contributed by atoms with E-state index in [4.69, 9.17) is 16.0 Å². The zero-order valence-corrected chi connectivity index (χ0v) is 12.4. The Kier molecular flexibility index (Phi) is 3.52. The molecule has 3 rings (SSSR count). The van der Waals surface area contributed by atoms with Crippen LogP contribution in [0, 0.1) is 10.1 Å². The molecule has 8 heteroatoms. The molecule has 2 heterocycles. The lowest BCUT2D eigenvalue weighted by molar-refractivity contribution is -0.384. The third-order valence-electron chi connectivity index (χ3n) is 2.94. The minimum absolute atomic E-state index is 0.0135. The van der Waals surface area contributed by atoms with E-state index in [1.165, 1.54) is 23.5 Å². The summed E-state index contributed by atoms with van der Waals surface area (Å²) in [5, 5.41) is 13.9. The number of rotatable bonds is 4. The lowest BCUT2D eigenvalue weighted by atomic mass is 10.3. The third kappa shape index (κ3) is 2.84. The first-order valence-corrected chi connectivity index (χ1v) is 7.29. The average Bonchev–Trinajstić information content (AvgIpc) is 3.03. The number of thiophene rings is 1. The van der Waals surface area contributed by atoms with Gasteiger partial charge in [-0.3, -0.25) is 10.1 Å². The van der Waals surface area contributed by atoms with Crippen LogP contribution in [-0.2, 0) is 0 Å². The summed E-state index contributed by atoms with van der Waals surface area (Å²) in [4.78, 5) is 15.5. The number of fused-ring (bicyclic) bond motifs is 1. The number of anilines is 1. The summed E-state index contributed by atoms with van der Waals surface area (Å²) in [6, 6.07) is 8.37. The van der Waals surface area contributed by atoms with Gasteiger partial charge in [-0.2, -0.15) is 4.98 Å². The lowest BCUT2D eigenvalue weighted by Crippen LogP contribution is -2.04. The van der Waals surface area contributed by atoms with Crippen molar-refractivity contribution in [2.24, 2.45) is 0 Å². The number of aromatic nitrogens is 1. The van der Waals surface area contributed by atoms with E-state index in [1.54, 1.807) is 6.07 Å². The van der Waals surface area contributed by atoms with Crippen molar-refractivity contribution in [2.75, 3.05) is 5.32 Å². The number of nitrogens with zero attached hydrogens (tertiary/aromatic N) is 2. The molecule has 1 unspecified atom stereocenters. The molecule has 0 aliphatic rings. The van der Waals surface area contributed by atoms with Crippen LogP contribution < -0.4 is 5.32 Å². The van der Waals surface area contributed by atoms with E-state index >= 15 is 0 Å². The minimum atomic E-state index is -0.461. The monoisotopic (exact) mass is 323 g/mol. The predicted molar refractivity (Wildman–Crippen MR) is 82.0 cm³/mol. The number of oxazole rings is 1. The van der Waals surface area contributed by atoms with Crippen molar-refractivity contribution in [3.05, 3.63) is 49.7 Å². The summed E-state index contributed by atoms with van der Waals surface area (Å²) in [5.74, 6) is 0. The van der Waals surface area contributed by atoms with Crippen LogP contribution in [0.2, 0.25) is 4.34 Å². The van der Waals surface area contributed by atoms with E-state index in [1.807, 2.05) is 19.1 Å². The molecule has 1 aromatic carbocycles. The smallest absolute Gasteiger partial charge is 0.296 e. The highest BCUT2D eigenvalue weighted by molar-refractivity contribution is 7.16. The summed E-state index contributed by atoms with van der Waals surface area (Å²) in [5.41, 5.74) is 0.933. The van der Waals surface area contributed by atoms with Gasteiger partial charge in [0.25, 0.3) is 11.7 Å². The molecule has 0 saturated heterocycles. The quantitative estimate of drug-likeness (QED) is 0.559. The molecule has 0 aliphatic heterocycles. The van der Waals surface area contributed by atoms with Gasteiger partial charge in [0.2, 0.25) is 0 Å². The van der Waals surface area contributed by atoms with Crippen LogP contribution in [-0.4, -0.2) is 9.91 Å². The Morgan fingerprint density at radius 3 is 2.90 bits per heavy atom. The van der Waals surface area contributed by atoms with Crippen LogP contribution in [0.15, 0.2) is 34.7 Å². The number of benzene rings is 1. The Bertz CT molecular complexity index is 814. The van der Waals surface area contributed by atoms with Crippen molar-refractivity contribution in [3.8, 4) is 0 Å². The Balaban J connectivity index is 1.85. The van der Waals surface area contributed by atoms with Gasteiger partial charge in [0.1, 0.15) is 5.52 Å². The molecule has 108 valence electrons. The highest BCUT2D eigenvalue weighted by Crippen LogP contribution is 2.30. The van der Waals surface area contributed by atoms with E-state index in [0.29, 0.717) is 21.5 Å². The fourth-order valence-corrected chi connectivity index (χ4v) is 2.97. The van der Waals surface area contributed by atoms with Crippen molar-refractivity contribution in [1.29, 1.82) is 0 Å². The fourth-order valence-electron chi connectivity index (χ4n) is 1.91. The topological polar surface area (TPSA) is 81.2 Å². The molecule has 0 saturated carbocycles. The first-order valence-electron chi connectivity index (χ1n) is 6.09. The second kappa shape index (κ2) is 5.34. The molecule has 2 aromatic heterocycles. The van der Waals surface area contributed by atoms with Crippen LogP contribution in [0.25, 0.3) is 11.1 Å². The summed E-state index contributed by atoms with van der Waals surface area (Å²) < 4.78 is 6.24. The normalized spacial score (nSPS) is 12.5. The second-order valence-corrected chi connectivity index (χ2v) is 6.18. The largest absolute Gasteiger partial charge is 0.424 e. The maximum Gasteiger partial charge on any atom is 0.296 e. The number of nitro benzene ring substituents is 1. The molecule has 1 N–H and O–H groups in total. The number of nitro groups is 1. The number of hydrogen-bond acceptors (Lipinski definition) is 6. The summed E-state index contributed by atoms with van der Waals surface area (Å²) in [7, 11) is 0. The van der Waals surface area contributed by atoms with Crippen molar-refractivity contribution in [1.82, 2.24) is 4.98 Å². The molecule has 0 radical (unpaired) electrons. The first kappa shape index (κ1) is 13.8. The molecule has 1 atom stereocenters. The standard InChI is InChI=1S/C13H10ClN3O3S/c1-7(11-4-5-12(14)21-11)15-13-16-9-6-8(17(18)19)2-3-10(9)20-13/h2-7H,1H3,(H,15,16). The van der Waals surface area contributed by atoms with Crippen molar-refractivity contribution >= 4 is 45.7 Å². The first-order chi connectivity index (χ1) is 10.0. The molecular weight excluding hydrogens is 314 g/mol. The maximum atomic E-state index is 10.7. The highest BCUT2D eigenvalue weighted by atomic mass is 35.5. The van der Waals surface area contributed by atoms with Gasteiger partial charge in [-0.1, -0.05) is 11.6 Å². The molecule has 0 amide bonds. The molecule has 21 heavy (non-hydrogen) atoms. The van der Waals surface area contributed by atoms with Crippen LogP contribution in [0.4, 0.5) is 11.7 Å². The Morgan fingerprint density at radius 1 is 1.43 bits per heavy atom. The molecule has 0 spiro atoms. The number of hydrogen-bond donors (Lipinski definition) is 1. The van der Waals surface area contributed by atoms with Gasteiger partial charge >= 0.3 is 0 Å². The van der Waals surface area contributed by atoms with E-state index < -0.39 is 4.92 Å². The Labute approximate surface area is 128 Å². The van der Waals surface area contributed by atoms with E-state index in [0.717, 1.165) is 4.88 Å². The van der Waals surface area contributed by atoms with E-state index in [-0.39, 0.29) is 11.7 Å². The lowest BCUT2D eigenvalue weighted by Gasteiger charge is -2.08. The molecule has 0 aliphatic carbocycles. The minimum Gasteiger partial charge on any atom is -0.424 e. The van der Waals surface area contributed by atoms with Crippen LogP contribution in [0.1, 0.15) is 17.8 Å². The molecule has 6 nitrogen and oxygen atoms in total. The summed E-state index contributed by atoms with van der Waals surface area (Å²) in [6.45, 7) is 1.96. The average molecular weight is 324 g/mol. The van der Waals surface area contributed by atoms with Gasteiger partial charge in [-0.05, 0) is 25.1 Å². The molecule has 3 aromatic rings.